The molecule has 0 unspecified atom stereocenters. The first-order chi connectivity index (χ1) is 9.67. The number of ether oxygens (including phenoxy) is 1. The van der Waals surface area contributed by atoms with Crippen LogP contribution in [0.5, 0.6) is 0 Å². The van der Waals surface area contributed by atoms with Gasteiger partial charge in [-0.2, -0.15) is 0 Å². The lowest BCUT2D eigenvalue weighted by atomic mass is 9.89. The Bertz CT molecular complexity index is 493. The summed E-state index contributed by atoms with van der Waals surface area (Å²) in [4.78, 5) is 0. The van der Waals surface area contributed by atoms with E-state index in [9.17, 15) is 4.39 Å². The second-order valence-electron chi connectivity index (χ2n) is 5.50. The lowest BCUT2D eigenvalue weighted by Crippen LogP contribution is -2.20. The molecule has 1 aliphatic carbocycles. The monoisotopic (exact) mass is 276 g/mol. The molecule has 1 fully saturated rings. The van der Waals surface area contributed by atoms with E-state index < -0.39 is 0 Å². The minimum Gasteiger partial charge on any atom is -0.384 e. The molecule has 1 saturated carbocycles. The van der Waals surface area contributed by atoms with E-state index in [1.165, 1.54) is 25.0 Å². The minimum atomic E-state index is -0.314. The van der Waals surface area contributed by atoms with Gasteiger partial charge in [-0.25, -0.2) is 4.39 Å². The molecule has 0 atom stereocenters. The Morgan fingerprint density at radius 3 is 2.70 bits per heavy atom. The largest absolute Gasteiger partial charge is 0.384 e. The van der Waals surface area contributed by atoms with Crippen molar-refractivity contribution >= 4 is 0 Å². The highest BCUT2D eigenvalue weighted by molar-refractivity contribution is 5.37. The van der Waals surface area contributed by atoms with E-state index in [2.05, 4.69) is 18.8 Å². The van der Waals surface area contributed by atoms with Crippen molar-refractivity contribution in [2.75, 3.05) is 6.61 Å². The molecule has 20 heavy (non-hydrogen) atoms. The predicted molar refractivity (Wildman–Crippen MR) is 76.6 cm³/mol. The van der Waals surface area contributed by atoms with Crippen LogP contribution in [-0.2, 0) is 11.3 Å². The highest BCUT2D eigenvalue weighted by atomic mass is 19.1. The van der Waals surface area contributed by atoms with Crippen molar-refractivity contribution < 1.29 is 14.2 Å². The fourth-order valence-electron chi connectivity index (χ4n) is 2.56. The SMILES string of the molecule is CC1CCC(OCc2cc(F)cc(C#CCO)c2)CC1. The Hall–Kier alpha value is -1.37. The van der Waals surface area contributed by atoms with Crippen LogP contribution in [-0.4, -0.2) is 17.8 Å². The maximum Gasteiger partial charge on any atom is 0.124 e. The lowest BCUT2D eigenvalue weighted by Gasteiger charge is -2.26. The average Bonchev–Trinajstić information content (AvgIpc) is 2.44. The van der Waals surface area contributed by atoms with Crippen molar-refractivity contribution in [3.05, 3.63) is 35.1 Å². The van der Waals surface area contributed by atoms with Gasteiger partial charge in [0.1, 0.15) is 12.4 Å². The summed E-state index contributed by atoms with van der Waals surface area (Å²) in [6, 6.07) is 4.67. The first-order valence-electron chi connectivity index (χ1n) is 7.18. The Morgan fingerprint density at radius 1 is 1.25 bits per heavy atom. The standard InChI is InChI=1S/C17H21FO2/c1-13-4-6-17(7-5-13)20-12-15-9-14(3-2-8-19)10-16(18)11-15/h9-11,13,17,19H,4-8,12H2,1H3. The Labute approximate surface area is 120 Å². The molecule has 0 spiro atoms. The number of aliphatic hydroxyl groups excluding tert-OH is 1. The van der Waals surface area contributed by atoms with Crippen LogP contribution in [0.3, 0.4) is 0 Å². The summed E-state index contributed by atoms with van der Waals surface area (Å²) in [5, 5.41) is 8.67. The quantitative estimate of drug-likeness (QED) is 0.859. The summed E-state index contributed by atoms with van der Waals surface area (Å²) in [6.45, 7) is 2.47. The fraction of sp³-hybridized carbons (Fsp3) is 0.529. The van der Waals surface area contributed by atoms with Crippen LogP contribution in [0.1, 0.15) is 43.7 Å². The van der Waals surface area contributed by atoms with Gasteiger partial charge in [0.25, 0.3) is 0 Å². The van der Waals surface area contributed by atoms with E-state index in [0.717, 1.165) is 24.3 Å². The van der Waals surface area contributed by atoms with E-state index in [1.807, 2.05) is 6.07 Å². The van der Waals surface area contributed by atoms with E-state index in [-0.39, 0.29) is 12.4 Å². The van der Waals surface area contributed by atoms with Crippen molar-refractivity contribution in [3.8, 4) is 11.8 Å². The van der Waals surface area contributed by atoms with E-state index >= 15 is 0 Å². The smallest absolute Gasteiger partial charge is 0.124 e. The Kier molecular flexibility index (Phi) is 5.58. The number of hydrogen-bond acceptors (Lipinski definition) is 2. The molecular formula is C17H21FO2. The van der Waals surface area contributed by atoms with Gasteiger partial charge >= 0.3 is 0 Å². The van der Waals surface area contributed by atoms with Crippen LogP contribution in [0, 0.1) is 23.6 Å². The van der Waals surface area contributed by atoms with Crippen molar-refractivity contribution in [1.82, 2.24) is 0 Å². The molecule has 1 aliphatic rings. The summed E-state index contributed by atoms with van der Waals surface area (Å²) in [5.74, 6) is 5.73. The molecular weight excluding hydrogens is 255 g/mol. The van der Waals surface area contributed by atoms with Crippen molar-refractivity contribution in [3.63, 3.8) is 0 Å². The maximum absolute atomic E-state index is 13.5. The van der Waals surface area contributed by atoms with Gasteiger partial charge in [-0.15, -0.1) is 0 Å². The zero-order valence-corrected chi connectivity index (χ0v) is 11.9. The lowest BCUT2D eigenvalue weighted by molar-refractivity contribution is 0.00867. The Morgan fingerprint density at radius 2 is 2.00 bits per heavy atom. The van der Waals surface area contributed by atoms with E-state index in [4.69, 9.17) is 9.84 Å². The molecule has 1 aromatic carbocycles. The number of benzene rings is 1. The van der Waals surface area contributed by atoms with Gasteiger partial charge in [-0.05, 0) is 55.4 Å². The molecule has 108 valence electrons. The molecule has 0 aromatic heterocycles. The number of rotatable bonds is 3. The molecule has 0 radical (unpaired) electrons. The highest BCUT2D eigenvalue weighted by Gasteiger charge is 2.18. The number of aliphatic hydroxyl groups is 1. The third-order valence-electron chi connectivity index (χ3n) is 3.72. The first kappa shape index (κ1) is 15.0. The third kappa shape index (κ3) is 4.63. The van der Waals surface area contributed by atoms with Gasteiger partial charge in [0, 0.05) is 5.56 Å². The molecule has 0 saturated heterocycles. The summed E-state index contributed by atoms with van der Waals surface area (Å²) in [5.41, 5.74) is 1.38. The van der Waals surface area contributed by atoms with Gasteiger partial charge in [-0.3, -0.25) is 0 Å². The van der Waals surface area contributed by atoms with Gasteiger partial charge in [-0.1, -0.05) is 18.8 Å². The molecule has 0 aliphatic heterocycles. The summed E-state index contributed by atoms with van der Waals surface area (Å²) in [6.07, 6.45) is 4.89. The predicted octanol–water partition coefficient (Wildman–Crippen LogP) is 3.26. The first-order valence-corrected chi connectivity index (χ1v) is 7.18. The molecule has 2 rings (SSSR count). The fourth-order valence-corrected chi connectivity index (χ4v) is 2.56. The third-order valence-corrected chi connectivity index (χ3v) is 3.72. The highest BCUT2D eigenvalue weighted by Crippen LogP contribution is 2.26. The van der Waals surface area contributed by atoms with Crippen molar-refractivity contribution in [1.29, 1.82) is 0 Å². The topological polar surface area (TPSA) is 29.5 Å². The van der Waals surface area contributed by atoms with E-state index in [1.54, 1.807) is 0 Å². The normalized spacial score (nSPS) is 22.1. The molecule has 0 heterocycles. The van der Waals surface area contributed by atoms with Crippen molar-refractivity contribution in [2.24, 2.45) is 5.92 Å². The van der Waals surface area contributed by atoms with Crippen LogP contribution in [0.15, 0.2) is 18.2 Å². The zero-order valence-electron chi connectivity index (χ0n) is 11.9. The van der Waals surface area contributed by atoms with Gasteiger partial charge in [0.2, 0.25) is 0 Å². The molecule has 1 aromatic rings. The summed E-state index contributed by atoms with van der Waals surface area (Å²) >= 11 is 0. The minimum absolute atomic E-state index is 0.220. The molecule has 2 nitrogen and oxygen atoms in total. The number of halogens is 1. The van der Waals surface area contributed by atoms with Gasteiger partial charge in [0.05, 0.1) is 12.7 Å². The maximum atomic E-state index is 13.5. The average molecular weight is 276 g/mol. The van der Waals surface area contributed by atoms with Crippen LogP contribution in [0.2, 0.25) is 0 Å². The van der Waals surface area contributed by atoms with Gasteiger partial charge in [0.15, 0.2) is 0 Å². The van der Waals surface area contributed by atoms with Gasteiger partial charge < -0.3 is 9.84 Å². The summed E-state index contributed by atoms with van der Waals surface area (Å²) in [7, 11) is 0. The van der Waals surface area contributed by atoms with Crippen LogP contribution < -0.4 is 0 Å². The zero-order chi connectivity index (χ0) is 14.4. The van der Waals surface area contributed by atoms with Crippen LogP contribution in [0.25, 0.3) is 0 Å². The second kappa shape index (κ2) is 7.42. The van der Waals surface area contributed by atoms with Crippen LogP contribution in [0.4, 0.5) is 4.39 Å². The Balaban J connectivity index is 1.93. The number of hydrogen-bond donors (Lipinski definition) is 1. The molecule has 1 N–H and O–H groups in total. The second-order valence-corrected chi connectivity index (χ2v) is 5.50. The van der Waals surface area contributed by atoms with E-state index in [0.29, 0.717) is 18.3 Å². The molecule has 3 heteroatoms. The summed E-state index contributed by atoms with van der Waals surface area (Å²) < 4.78 is 19.4. The van der Waals surface area contributed by atoms with Crippen molar-refractivity contribution in [2.45, 2.75) is 45.3 Å². The van der Waals surface area contributed by atoms with Crippen LogP contribution >= 0.6 is 0 Å². The molecule has 0 amide bonds. The molecule has 0 bridgehead atoms.